The molecule has 0 aromatic heterocycles. The van der Waals surface area contributed by atoms with Crippen LogP contribution in [-0.2, 0) is 9.59 Å². The molecule has 1 heterocycles. The van der Waals surface area contributed by atoms with Crippen LogP contribution in [0.2, 0.25) is 0 Å². The van der Waals surface area contributed by atoms with Gasteiger partial charge in [-0.05, 0) is 60.7 Å². The minimum absolute atomic E-state index is 0.119. The van der Waals surface area contributed by atoms with Gasteiger partial charge in [-0.1, -0.05) is 30.0 Å². The number of para-hydroxylation sites is 1. The topological polar surface area (TPSA) is 89.5 Å². The van der Waals surface area contributed by atoms with E-state index in [1.54, 1.807) is 48.5 Å². The fourth-order valence-electron chi connectivity index (χ4n) is 3.56. The van der Waals surface area contributed by atoms with Crippen LogP contribution in [0.1, 0.15) is 5.56 Å². The van der Waals surface area contributed by atoms with Crippen molar-refractivity contribution >= 4 is 46.2 Å². The minimum Gasteiger partial charge on any atom is -0.497 e. The van der Waals surface area contributed by atoms with Crippen molar-refractivity contribution in [2.75, 3.05) is 30.2 Å². The number of ether oxygens (including phenoxy) is 3. The molecule has 0 spiro atoms. The first-order valence-corrected chi connectivity index (χ1v) is 12.4. The van der Waals surface area contributed by atoms with Crippen molar-refractivity contribution < 1.29 is 37.0 Å². The zero-order chi connectivity index (χ0) is 28.0. The molecule has 1 aliphatic heterocycles. The van der Waals surface area contributed by atoms with Gasteiger partial charge >= 0.3 is 6.36 Å². The van der Waals surface area contributed by atoms with Gasteiger partial charge in [0.05, 0.1) is 25.7 Å². The molecule has 2 amide bonds. The van der Waals surface area contributed by atoms with Crippen LogP contribution in [0.15, 0.2) is 83.5 Å². The number of hydrogen-bond acceptors (Lipinski definition) is 7. The predicted octanol–water partition coefficient (Wildman–Crippen LogP) is 5.72. The number of anilines is 2. The Morgan fingerprint density at radius 1 is 1.00 bits per heavy atom. The van der Waals surface area contributed by atoms with Crippen molar-refractivity contribution in [1.82, 2.24) is 0 Å². The first-order chi connectivity index (χ1) is 18.7. The van der Waals surface area contributed by atoms with E-state index >= 15 is 0 Å². The zero-order valence-electron chi connectivity index (χ0n) is 20.7. The highest BCUT2D eigenvalue weighted by Crippen LogP contribution is 2.32. The predicted molar refractivity (Wildman–Crippen MR) is 143 cm³/mol. The summed E-state index contributed by atoms with van der Waals surface area (Å²) in [6.07, 6.45) is -3.23. The van der Waals surface area contributed by atoms with E-state index in [0.717, 1.165) is 23.9 Å². The van der Waals surface area contributed by atoms with Crippen LogP contribution in [0.4, 0.5) is 24.5 Å². The van der Waals surface area contributed by atoms with E-state index in [4.69, 9.17) is 9.47 Å². The number of methoxy groups -OCH3 is 2. The number of halogens is 3. The molecule has 0 saturated heterocycles. The Hall–Kier alpha value is -4.45. The largest absolute Gasteiger partial charge is 0.573 e. The molecular formula is C27H22F3N3O5S. The third-order valence-corrected chi connectivity index (χ3v) is 6.22. The molecule has 0 bridgehead atoms. The summed E-state index contributed by atoms with van der Waals surface area (Å²) in [5.41, 5.74) is 1.56. The van der Waals surface area contributed by atoms with Crippen molar-refractivity contribution in [3.63, 3.8) is 0 Å². The quantitative estimate of drug-likeness (QED) is 0.357. The molecule has 202 valence electrons. The maximum Gasteiger partial charge on any atom is 0.573 e. The molecule has 0 saturated carbocycles. The van der Waals surface area contributed by atoms with Crippen LogP contribution in [-0.4, -0.2) is 43.3 Å². The summed E-state index contributed by atoms with van der Waals surface area (Å²) in [5, 5.41) is 2.88. The smallest absolute Gasteiger partial charge is 0.497 e. The molecule has 4 rings (SSSR count). The lowest BCUT2D eigenvalue weighted by Crippen LogP contribution is -2.31. The van der Waals surface area contributed by atoms with Crippen molar-refractivity contribution in [3.05, 3.63) is 84.1 Å². The summed E-state index contributed by atoms with van der Waals surface area (Å²) in [5.74, 6) is -0.273. The van der Waals surface area contributed by atoms with Crippen molar-refractivity contribution in [2.45, 2.75) is 6.36 Å². The number of nitrogens with zero attached hydrogens (tertiary/aromatic N) is 2. The number of benzene rings is 3. The molecule has 3 aromatic rings. The number of carbonyl (C=O) groups is 2. The van der Waals surface area contributed by atoms with Gasteiger partial charge in [-0.25, -0.2) is 4.99 Å². The van der Waals surface area contributed by atoms with Gasteiger partial charge in [0.2, 0.25) is 5.91 Å². The van der Waals surface area contributed by atoms with Gasteiger partial charge < -0.3 is 19.5 Å². The highest BCUT2D eigenvalue weighted by molar-refractivity contribution is 8.14. The Labute approximate surface area is 226 Å². The molecule has 39 heavy (non-hydrogen) atoms. The van der Waals surface area contributed by atoms with Crippen molar-refractivity contribution in [2.24, 2.45) is 4.99 Å². The summed E-state index contributed by atoms with van der Waals surface area (Å²) in [7, 11) is 3.04. The van der Waals surface area contributed by atoms with Gasteiger partial charge in [0.1, 0.15) is 22.9 Å². The molecule has 0 unspecified atom stereocenters. The second-order valence-corrected chi connectivity index (χ2v) is 8.86. The molecule has 12 heteroatoms. The number of hydrogen-bond donors (Lipinski definition) is 1. The van der Waals surface area contributed by atoms with E-state index in [-0.39, 0.29) is 22.3 Å². The number of amides is 2. The first kappa shape index (κ1) is 27.6. The fourth-order valence-corrected chi connectivity index (χ4v) is 4.38. The molecule has 0 atom stereocenters. The second kappa shape index (κ2) is 11.9. The van der Waals surface area contributed by atoms with E-state index < -0.39 is 23.9 Å². The SMILES string of the molecule is COc1ccc(OC)c(C=C2N=C(SCC(=O)Nc3ccc(OC(F)(F)F)cc3)N(c3ccccc3)C2=O)c1. The lowest BCUT2D eigenvalue weighted by Gasteiger charge is -2.17. The number of thioether (sulfide) groups is 1. The van der Waals surface area contributed by atoms with E-state index in [0.29, 0.717) is 22.7 Å². The second-order valence-electron chi connectivity index (χ2n) is 7.92. The summed E-state index contributed by atoms with van der Waals surface area (Å²) in [6.45, 7) is 0. The van der Waals surface area contributed by atoms with Crippen LogP contribution < -0.4 is 24.4 Å². The monoisotopic (exact) mass is 557 g/mol. The van der Waals surface area contributed by atoms with Gasteiger partial charge in [0, 0.05) is 11.3 Å². The van der Waals surface area contributed by atoms with E-state index in [9.17, 15) is 22.8 Å². The Kier molecular flexibility index (Phi) is 8.45. The summed E-state index contributed by atoms with van der Waals surface area (Å²) in [4.78, 5) is 31.9. The molecule has 1 aliphatic rings. The van der Waals surface area contributed by atoms with Gasteiger partial charge in [0.25, 0.3) is 5.91 Å². The average molecular weight is 558 g/mol. The van der Waals surface area contributed by atoms with E-state index in [2.05, 4.69) is 15.0 Å². The number of aliphatic imine (C=N–C) groups is 1. The summed E-state index contributed by atoms with van der Waals surface area (Å²) < 4.78 is 51.6. The van der Waals surface area contributed by atoms with Gasteiger partial charge in [0.15, 0.2) is 5.17 Å². The Bertz CT molecular complexity index is 1410. The average Bonchev–Trinajstić information content (AvgIpc) is 3.22. The normalized spacial score (nSPS) is 14.3. The van der Waals surface area contributed by atoms with Crippen LogP contribution in [0, 0.1) is 0 Å². The van der Waals surface area contributed by atoms with Gasteiger partial charge in [-0.15, -0.1) is 13.2 Å². The van der Waals surface area contributed by atoms with Crippen LogP contribution in [0.5, 0.6) is 17.2 Å². The molecule has 0 aliphatic carbocycles. The third kappa shape index (κ3) is 7.11. The summed E-state index contributed by atoms with van der Waals surface area (Å²) in [6, 6.07) is 18.8. The zero-order valence-corrected chi connectivity index (χ0v) is 21.5. The molecule has 8 nitrogen and oxygen atoms in total. The summed E-state index contributed by atoms with van der Waals surface area (Å²) >= 11 is 1.03. The lowest BCUT2D eigenvalue weighted by atomic mass is 10.1. The standard InChI is InChI=1S/C27H22F3N3O5S/c1-36-21-12-13-23(37-2)17(14-21)15-22-25(35)33(19-6-4-3-5-7-19)26(32-22)39-16-24(34)31-18-8-10-20(11-9-18)38-27(28,29)30/h3-15H,16H2,1-2H3,(H,31,34). The number of alkyl halides is 3. The van der Waals surface area contributed by atoms with E-state index in [1.807, 2.05) is 6.07 Å². The maximum absolute atomic E-state index is 13.4. The molecule has 0 radical (unpaired) electrons. The van der Waals surface area contributed by atoms with E-state index in [1.165, 1.54) is 31.3 Å². The number of amidine groups is 1. The molecule has 1 N–H and O–H groups in total. The van der Waals surface area contributed by atoms with Gasteiger partial charge in [-0.3, -0.25) is 14.5 Å². The number of nitrogens with one attached hydrogen (secondary N) is 1. The molecule has 3 aromatic carbocycles. The number of carbonyl (C=O) groups excluding carboxylic acids is 2. The van der Waals surface area contributed by atoms with Gasteiger partial charge in [-0.2, -0.15) is 0 Å². The number of rotatable bonds is 8. The molecule has 0 fully saturated rings. The minimum atomic E-state index is -4.81. The Morgan fingerprint density at radius 3 is 2.33 bits per heavy atom. The Balaban J connectivity index is 1.53. The van der Waals surface area contributed by atoms with Crippen LogP contribution in [0.3, 0.4) is 0 Å². The molecular weight excluding hydrogens is 535 g/mol. The Morgan fingerprint density at radius 2 is 1.69 bits per heavy atom. The lowest BCUT2D eigenvalue weighted by molar-refractivity contribution is -0.274. The highest BCUT2D eigenvalue weighted by Gasteiger charge is 2.33. The maximum atomic E-state index is 13.4. The van der Waals surface area contributed by atoms with Crippen LogP contribution in [0.25, 0.3) is 6.08 Å². The first-order valence-electron chi connectivity index (χ1n) is 11.4. The van der Waals surface area contributed by atoms with Crippen molar-refractivity contribution in [3.8, 4) is 17.2 Å². The van der Waals surface area contributed by atoms with Crippen LogP contribution >= 0.6 is 11.8 Å². The fraction of sp³-hybridized carbons (Fsp3) is 0.148. The third-order valence-electron chi connectivity index (χ3n) is 5.28. The van der Waals surface area contributed by atoms with Crippen molar-refractivity contribution in [1.29, 1.82) is 0 Å². The highest BCUT2D eigenvalue weighted by atomic mass is 32.2.